The van der Waals surface area contributed by atoms with Crippen LogP contribution >= 0.6 is 0 Å². The molecule has 0 heterocycles. The van der Waals surface area contributed by atoms with Crippen molar-refractivity contribution in [3.8, 4) is 0 Å². The molecule has 130 valence electrons. The van der Waals surface area contributed by atoms with Crippen LogP contribution in [0.15, 0.2) is 0 Å². The molecule has 0 unspecified atom stereocenters. The van der Waals surface area contributed by atoms with Gasteiger partial charge in [-0.25, -0.2) is 0 Å². The molecule has 2 nitrogen and oxygen atoms in total. The average molecular weight is 319 g/mol. The van der Waals surface area contributed by atoms with E-state index in [1.807, 2.05) is 0 Å². The van der Waals surface area contributed by atoms with Crippen LogP contribution in [0.25, 0.3) is 0 Å². The quantitative estimate of drug-likeness (QED) is 0.709. The third-order valence-electron chi connectivity index (χ3n) is 9.37. The zero-order valence-corrected chi connectivity index (χ0v) is 15.4. The van der Waals surface area contributed by atoms with E-state index in [1.165, 1.54) is 32.1 Å². The zero-order chi connectivity index (χ0) is 16.6. The van der Waals surface area contributed by atoms with Crippen molar-refractivity contribution in [2.75, 3.05) is 0 Å². The number of rotatable bonds is 0. The van der Waals surface area contributed by atoms with Gasteiger partial charge in [-0.05, 0) is 86.4 Å². The van der Waals surface area contributed by atoms with E-state index in [0.29, 0.717) is 23.0 Å². The molecule has 4 aliphatic carbocycles. The Morgan fingerprint density at radius 1 is 1.00 bits per heavy atom. The van der Waals surface area contributed by atoms with Crippen molar-refractivity contribution in [3.05, 3.63) is 0 Å². The van der Waals surface area contributed by atoms with E-state index < -0.39 is 5.60 Å². The Morgan fingerprint density at radius 3 is 2.43 bits per heavy atom. The zero-order valence-electron chi connectivity index (χ0n) is 15.4. The Hall–Kier alpha value is -0.370. The highest BCUT2D eigenvalue weighted by atomic mass is 16.3. The van der Waals surface area contributed by atoms with E-state index in [2.05, 4.69) is 27.7 Å². The van der Waals surface area contributed by atoms with Crippen LogP contribution in [-0.4, -0.2) is 16.5 Å². The van der Waals surface area contributed by atoms with Crippen LogP contribution in [0.3, 0.4) is 0 Å². The van der Waals surface area contributed by atoms with Gasteiger partial charge >= 0.3 is 0 Å². The number of carbonyl (C=O) groups excluding carboxylic acids is 1. The molecule has 0 saturated heterocycles. The Kier molecular flexibility index (Phi) is 3.39. The fourth-order valence-corrected chi connectivity index (χ4v) is 7.65. The molecule has 0 aromatic heterocycles. The number of fused-ring (bicyclic) bond motifs is 5. The number of aliphatic hydroxyl groups is 1. The van der Waals surface area contributed by atoms with Crippen molar-refractivity contribution in [1.82, 2.24) is 0 Å². The predicted molar refractivity (Wildman–Crippen MR) is 91.9 cm³/mol. The first-order valence-electron chi connectivity index (χ1n) is 9.94. The van der Waals surface area contributed by atoms with Gasteiger partial charge < -0.3 is 5.11 Å². The number of hydrogen-bond donors (Lipinski definition) is 1. The Bertz CT molecular complexity index is 524. The summed E-state index contributed by atoms with van der Waals surface area (Å²) in [4.78, 5) is 12.2. The van der Waals surface area contributed by atoms with Crippen LogP contribution in [0.1, 0.15) is 79.1 Å². The summed E-state index contributed by atoms with van der Waals surface area (Å²) in [6.45, 7) is 9.11. The van der Waals surface area contributed by atoms with E-state index in [-0.39, 0.29) is 11.3 Å². The van der Waals surface area contributed by atoms with E-state index in [1.54, 1.807) is 0 Å². The van der Waals surface area contributed by atoms with Gasteiger partial charge in [0.25, 0.3) is 0 Å². The van der Waals surface area contributed by atoms with Crippen molar-refractivity contribution < 1.29 is 9.90 Å². The van der Waals surface area contributed by atoms with Gasteiger partial charge in [0, 0.05) is 12.3 Å². The summed E-state index contributed by atoms with van der Waals surface area (Å²) in [6.07, 6.45) is 9.11. The maximum atomic E-state index is 12.2. The molecule has 8 atom stereocenters. The van der Waals surface area contributed by atoms with Gasteiger partial charge in [0.2, 0.25) is 0 Å². The summed E-state index contributed by atoms with van der Waals surface area (Å²) in [6, 6.07) is 0. The average Bonchev–Trinajstić information content (AvgIpc) is 2.71. The smallest absolute Gasteiger partial charge is 0.136 e. The van der Waals surface area contributed by atoms with Gasteiger partial charge in [-0.1, -0.05) is 20.8 Å². The highest BCUT2D eigenvalue weighted by molar-refractivity contribution is 5.82. The van der Waals surface area contributed by atoms with Gasteiger partial charge in [-0.3, -0.25) is 4.79 Å². The van der Waals surface area contributed by atoms with Crippen LogP contribution in [-0.2, 0) is 4.79 Å². The minimum atomic E-state index is -0.476. The number of hydrogen-bond acceptors (Lipinski definition) is 2. The molecule has 0 amide bonds. The summed E-state index contributed by atoms with van der Waals surface area (Å²) in [7, 11) is 0. The molecule has 0 bridgehead atoms. The van der Waals surface area contributed by atoms with E-state index in [9.17, 15) is 9.90 Å². The van der Waals surface area contributed by atoms with Gasteiger partial charge in [-0.15, -0.1) is 0 Å². The van der Waals surface area contributed by atoms with Gasteiger partial charge in [0.1, 0.15) is 5.78 Å². The van der Waals surface area contributed by atoms with Gasteiger partial charge in [0.15, 0.2) is 0 Å². The summed E-state index contributed by atoms with van der Waals surface area (Å²) in [5, 5.41) is 11.0. The summed E-state index contributed by atoms with van der Waals surface area (Å²) >= 11 is 0. The molecular weight excluding hydrogens is 284 g/mol. The number of Topliss-reactive ketones (excluding diaryl/α,β-unsaturated/α-hetero) is 1. The second-order valence-corrected chi connectivity index (χ2v) is 10.2. The molecule has 2 heteroatoms. The van der Waals surface area contributed by atoms with Crippen molar-refractivity contribution in [3.63, 3.8) is 0 Å². The third-order valence-corrected chi connectivity index (χ3v) is 9.37. The molecule has 23 heavy (non-hydrogen) atoms. The maximum absolute atomic E-state index is 12.2. The van der Waals surface area contributed by atoms with Crippen molar-refractivity contribution in [2.45, 2.75) is 84.7 Å². The fraction of sp³-hybridized carbons (Fsp3) is 0.952. The maximum Gasteiger partial charge on any atom is 0.136 e. The first-order valence-corrected chi connectivity index (χ1v) is 9.94. The second kappa shape index (κ2) is 4.84. The molecular formula is C21H34O2. The normalized spacial score (nSPS) is 59.2. The molecule has 0 aliphatic heterocycles. The van der Waals surface area contributed by atoms with Crippen LogP contribution in [0, 0.1) is 40.4 Å². The van der Waals surface area contributed by atoms with E-state index in [4.69, 9.17) is 0 Å². The summed E-state index contributed by atoms with van der Waals surface area (Å²) in [5.74, 6) is 3.65. The molecule has 0 radical (unpaired) electrons. The molecule has 4 rings (SSSR count). The lowest BCUT2D eigenvalue weighted by Crippen LogP contribution is -2.56. The lowest BCUT2D eigenvalue weighted by molar-refractivity contribution is -0.158. The molecule has 1 N–H and O–H groups in total. The van der Waals surface area contributed by atoms with Crippen molar-refractivity contribution in [2.24, 2.45) is 40.4 Å². The Morgan fingerprint density at radius 2 is 1.70 bits per heavy atom. The van der Waals surface area contributed by atoms with Crippen LogP contribution in [0.2, 0.25) is 0 Å². The minimum absolute atomic E-state index is 0.119. The molecule has 0 spiro atoms. The van der Waals surface area contributed by atoms with Crippen molar-refractivity contribution >= 4 is 5.78 Å². The Balaban J connectivity index is 1.66. The molecule has 0 aromatic carbocycles. The molecule has 4 aliphatic rings. The lowest BCUT2D eigenvalue weighted by atomic mass is 9.44. The first-order chi connectivity index (χ1) is 10.7. The molecule has 4 saturated carbocycles. The summed E-state index contributed by atoms with van der Waals surface area (Å²) < 4.78 is 0. The van der Waals surface area contributed by atoms with Crippen LogP contribution in [0.5, 0.6) is 0 Å². The highest BCUT2D eigenvalue weighted by Crippen LogP contribution is 2.68. The minimum Gasteiger partial charge on any atom is -0.390 e. The van der Waals surface area contributed by atoms with E-state index >= 15 is 0 Å². The van der Waals surface area contributed by atoms with Gasteiger partial charge in [-0.2, -0.15) is 0 Å². The second-order valence-electron chi connectivity index (χ2n) is 10.2. The highest BCUT2D eigenvalue weighted by Gasteiger charge is 2.63. The Labute approximate surface area is 141 Å². The van der Waals surface area contributed by atoms with Crippen LogP contribution < -0.4 is 0 Å². The SMILES string of the molecule is C[C@H]1C[C@@]2(C)[C@H](CC[C@@H]3[C@@H]2CC[C@@]2(C)[C@H]3CC[C@@]2(C)O)CC1=O. The third kappa shape index (κ3) is 2.00. The summed E-state index contributed by atoms with van der Waals surface area (Å²) in [5.41, 5.74) is 0.00962. The van der Waals surface area contributed by atoms with Crippen molar-refractivity contribution in [1.29, 1.82) is 0 Å². The van der Waals surface area contributed by atoms with Gasteiger partial charge in [0.05, 0.1) is 5.60 Å². The topological polar surface area (TPSA) is 37.3 Å². The largest absolute Gasteiger partial charge is 0.390 e. The monoisotopic (exact) mass is 318 g/mol. The fourth-order valence-electron chi connectivity index (χ4n) is 7.65. The number of ketones is 1. The van der Waals surface area contributed by atoms with E-state index in [0.717, 1.165) is 31.1 Å². The lowest BCUT2D eigenvalue weighted by Gasteiger charge is -2.61. The standard InChI is InChI=1S/C21H34O2/c1-13-12-19(2)14(11-18(13)22)5-6-15-16(19)7-9-20(3)17(15)8-10-21(20,4)23/h13-17,23H,5-12H2,1-4H3/t13-,14+,15+,16-,17-,19-,20-,21+/m0/s1. The number of carbonyl (C=O) groups is 1. The molecule has 0 aromatic rings. The first kappa shape index (κ1) is 16.1. The van der Waals surface area contributed by atoms with Crippen LogP contribution in [0.4, 0.5) is 0 Å². The predicted octanol–water partition coefficient (Wildman–Crippen LogP) is 4.60. The molecule has 4 fully saturated rings.